The maximum Gasteiger partial charge on any atom is 0.342 e. The molecule has 0 spiro atoms. The quantitative estimate of drug-likeness (QED) is 0.754. The third kappa shape index (κ3) is 2.87. The van der Waals surface area contributed by atoms with Crippen molar-refractivity contribution in [3.05, 3.63) is 22.7 Å². The van der Waals surface area contributed by atoms with E-state index in [0.29, 0.717) is 28.5 Å². The number of amides is 1. The minimum Gasteiger partial charge on any atom is -0.481 e. The van der Waals surface area contributed by atoms with Crippen LogP contribution in [0.1, 0.15) is 36.0 Å². The molecular formula is C18H21ClN2O4. The molecule has 0 N–H and O–H groups in total. The zero-order chi connectivity index (χ0) is 17.7. The van der Waals surface area contributed by atoms with Crippen molar-refractivity contribution in [1.29, 1.82) is 0 Å². The standard InChI is InChI=1S/C18H21ClN2O4/c1-20-11-3-4-12(20)8-13(7-11)25-18(23)14-5-10(19)6-15-17(14)24-9-16(22)21(15)2/h5-6,11-13H,3-4,7-9H2,1-2H3/t11-,12+,13?. The monoisotopic (exact) mass is 364 g/mol. The van der Waals surface area contributed by atoms with Crippen LogP contribution < -0.4 is 9.64 Å². The predicted octanol–water partition coefficient (Wildman–Crippen LogP) is 2.48. The van der Waals surface area contributed by atoms with Gasteiger partial charge in [-0.25, -0.2) is 4.79 Å². The molecule has 1 amide bonds. The van der Waals surface area contributed by atoms with Gasteiger partial charge >= 0.3 is 5.97 Å². The Morgan fingerprint density at radius 3 is 2.60 bits per heavy atom. The van der Waals surface area contributed by atoms with E-state index >= 15 is 0 Å². The highest BCUT2D eigenvalue weighted by atomic mass is 35.5. The lowest BCUT2D eigenvalue weighted by atomic mass is 10.0. The number of ether oxygens (including phenoxy) is 2. The molecule has 0 aromatic heterocycles. The van der Waals surface area contributed by atoms with Crippen molar-refractivity contribution in [2.75, 3.05) is 25.6 Å². The van der Waals surface area contributed by atoms with Crippen LogP contribution in [0.2, 0.25) is 5.02 Å². The molecule has 4 rings (SSSR count). The first kappa shape index (κ1) is 16.7. The van der Waals surface area contributed by atoms with Crippen LogP contribution in [0.5, 0.6) is 5.75 Å². The first-order valence-electron chi connectivity index (χ1n) is 8.60. The predicted molar refractivity (Wildman–Crippen MR) is 93.4 cm³/mol. The number of nitrogens with zero attached hydrogens (tertiary/aromatic N) is 2. The molecule has 2 bridgehead atoms. The van der Waals surface area contributed by atoms with Gasteiger partial charge in [-0.05, 0) is 32.0 Å². The summed E-state index contributed by atoms with van der Waals surface area (Å²) in [5.74, 6) is -0.246. The zero-order valence-corrected chi connectivity index (χ0v) is 15.1. The van der Waals surface area contributed by atoms with Crippen molar-refractivity contribution in [2.45, 2.75) is 43.9 Å². The van der Waals surface area contributed by atoms with Gasteiger partial charge in [-0.2, -0.15) is 0 Å². The number of halogens is 1. The van der Waals surface area contributed by atoms with E-state index in [4.69, 9.17) is 21.1 Å². The van der Waals surface area contributed by atoms with Crippen molar-refractivity contribution >= 4 is 29.2 Å². The molecule has 0 saturated carbocycles. The second kappa shape index (κ2) is 6.18. The molecule has 1 unspecified atom stereocenters. The number of anilines is 1. The fourth-order valence-electron chi connectivity index (χ4n) is 4.17. The summed E-state index contributed by atoms with van der Waals surface area (Å²) in [4.78, 5) is 28.4. The van der Waals surface area contributed by atoms with Gasteiger partial charge in [-0.15, -0.1) is 0 Å². The maximum atomic E-state index is 12.8. The van der Waals surface area contributed by atoms with E-state index in [-0.39, 0.29) is 24.2 Å². The van der Waals surface area contributed by atoms with Crippen molar-refractivity contribution in [1.82, 2.24) is 4.90 Å². The summed E-state index contributed by atoms with van der Waals surface area (Å²) in [5, 5.41) is 0.374. The number of carbonyl (C=O) groups is 2. The minimum absolute atomic E-state index is 0.0845. The van der Waals surface area contributed by atoms with Gasteiger partial charge in [0.15, 0.2) is 12.4 Å². The van der Waals surface area contributed by atoms with Crippen LogP contribution in [0.15, 0.2) is 12.1 Å². The Morgan fingerprint density at radius 2 is 1.92 bits per heavy atom. The van der Waals surface area contributed by atoms with Crippen molar-refractivity contribution < 1.29 is 19.1 Å². The number of hydrogen-bond donors (Lipinski definition) is 0. The van der Waals surface area contributed by atoms with Crippen LogP contribution in [-0.4, -0.2) is 55.7 Å². The average Bonchev–Trinajstić information content (AvgIpc) is 2.80. The van der Waals surface area contributed by atoms with E-state index in [1.165, 1.54) is 4.90 Å². The van der Waals surface area contributed by atoms with E-state index in [1.807, 2.05) is 0 Å². The molecule has 0 radical (unpaired) electrons. The van der Waals surface area contributed by atoms with Gasteiger partial charge in [-0.1, -0.05) is 11.6 Å². The molecule has 7 heteroatoms. The zero-order valence-electron chi connectivity index (χ0n) is 14.3. The molecule has 2 fully saturated rings. The average molecular weight is 365 g/mol. The summed E-state index contributed by atoms with van der Waals surface area (Å²) in [6, 6.07) is 4.16. The highest BCUT2D eigenvalue weighted by Crippen LogP contribution is 2.39. The fourth-order valence-corrected chi connectivity index (χ4v) is 4.38. The summed E-state index contributed by atoms with van der Waals surface area (Å²) >= 11 is 6.15. The third-order valence-corrected chi connectivity index (χ3v) is 5.88. The SMILES string of the molecule is CN1C(=O)COc2c(C(=O)OC3C[C@H]4CC[C@@H](C3)N4C)cc(Cl)cc21. The van der Waals surface area contributed by atoms with Crippen LogP contribution >= 0.6 is 11.6 Å². The van der Waals surface area contributed by atoms with E-state index in [9.17, 15) is 9.59 Å². The van der Waals surface area contributed by atoms with E-state index in [1.54, 1.807) is 19.2 Å². The molecule has 1 aromatic rings. The van der Waals surface area contributed by atoms with Gasteiger partial charge in [-0.3, -0.25) is 4.79 Å². The molecular weight excluding hydrogens is 344 g/mol. The molecule has 3 aliphatic rings. The molecule has 25 heavy (non-hydrogen) atoms. The Kier molecular flexibility index (Phi) is 4.12. The molecule has 0 aliphatic carbocycles. The molecule has 134 valence electrons. The highest BCUT2D eigenvalue weighted by Gasteiger charge is 2.40. The third-order valence-electron chi connectivity index (χ3n) is 5.66. The molecule has 2 saturated heterocycles. The second-order valence-electron chi connectivity index (χ2n) is 7.09. The lowest BCUT2D eigenvalue weighted by Crippen LogP contribution is -2.43. The number of esters is 1. The first-order chi connectivity index (χ1) is 11.9. The normalized spacial score (nSPS) is 28.5. The summed E-state index contributed by atoms with van der Waals surface area (Å²) in [5.41, 5.74) is 0.785. The van der Waals surface area contributed by atoms with Crippen LogP contribution in [0.25, 0.3) is 0 Å². The van der Waals surface area contributed by atoms with Crippen LogP contribution in [0.4, 0.5) is 5.69 Å². The van der Waals surface area contributed by atoms with E-state index in [2.05, 4.69) is 11.9 Å². The number of likely N-dealkylation sites (N-methyl/N-ethyl adjacent to an activating group) is 1. The van der Waals surface area contributed by atoms with Gasteiger partial charge in [0.2, 0.25) is 0 Å². The number of carbonyl (C=O) groups excluding carboxylic acids is 2. The number of benzene rings is 1. The van der Waals surface area contributed by atoms with Crippen molar-refractivity contribution in [3.63, 3.8) is 0 Å². The van der Waals surface area contributed by atoms with Gasteiger partial charge in [0.1, 0.15) is 11.7 Å². The summed E-state index contributed by atoms with van der Waals surface area (Å²) in [6.07, 6.45) is 3.97. The molecule has 6 nitrogen and oxygen atoms in total. The number of piperidine rings is 1. The van der Waals surface area contributed by atoms with Gasteiger partial charge in [0, 0.05) is 37.0 Å². The van der Waals surface area contributed by atoms with Gasteiger partial charge < -0.3 is 19.3 Å². The lowest BCUT2D eigenvalue weighted by Gasteiger charge is -2.36. The summed E-state index contributed by atoms with van der Waals surface area (Å²) in [7, 11) is 3.79. The summed E-state index contributed by atoms with van der Waals surface area (Å²) in [6.45, 7) is -0.0935. The molecule has 3 atom stereocenters. The number of rotatable bonds is 2. The van der Waals surface area contributed by atoms with E-state index in [0.717, 1.165) is 25.7 Å². The van der Waals surface area contributed by atoms with Crippen molar-refractivity contribution in [3.8, 4) is 5.75 Å². The minimum atomic E-state index is -0.435. The van der Waals surface area contributed by atoms with Crippen LogP contribution in [0, 0.1) is 0 Å². The largest absolute Gasteiger partial charge is 0.481 e. The Bertz CT molecular complexity index is 724. The topological polar surface area (TPSA) is 59.1 Å². The Hall–Kier alpha value is -1.79. The van der Waals surface area contributed by atoms with Gasteiger partial charge in [0.05, 0.1) is 5.69 Å². The Balaban J connectivity index is 1.57. The van der Waals surface area contributed by atoms with Crippen LogP contribution in [0.3, 0.4) is 0 Å². The number of fused-ring (bicyclic) bond motifs is 3. The van der Waals surface area contributed by atoms with Crippen LogP contribution in [-0.2, 0) is 9.53 Å². The lowest BCUT2D eigenvalue weighted by molar-refractivity contribution is -0.121. The molecule has 1 aromatic carbocycles. The Morgan fingerprint density at radius 1 is 1.24 bits per heavy atom. The second-order valence-corrected chi connectivity index (χ2v) is 7.53. The first-order valence-corrected chi connectivity index (χ1v) is 8.97. The maximum absolute atomic E-state index is 12.8. The Labute approximate surface area is 151 Å². The van der Waals surface area contributed by atoms with Crippen molar-refractivity contribution in [2.24, 2.45) is 0 Å². The van der Waals surface area contributed by atoms with Gasteiger partial charge in [0.25, 0.3) is 5.91 Å². The molecule has 3 heterocycles. The van der Waals surface area contributed by atoms with E-state index < -0.39 is 5.97 Å². The molecule has 3 aliphatic heterocycles. The fraction of sp³-hybridized carbons (Fsp3) is 0.556. The highest BCUT2D eigenvalue weighted by molar-refractivity contribution is 6.31. The smallest absolute Gasteiger partial charge is 0.342 e. The summed E-state index contributed by atoms with van der Waals surface area (Å²) < 4.78 is 11.3. The number of hydrogen-bond acceptors (Lipinski definition) is 5.